The minimum Gasteiger partial charge on any atom is -0.399 e. The van der Waals surface area contributed by atoms with Crippen LogP contribution in [-0.4, -0.2) is 15.9 Å². The van der Waals surface area contributed by atoms with Crippen LogP contribution in [0, 0.1) is 5.92 Å². The van der Waals surface area contributed by atoms with Crippen LogP contribution < -0.4 is 11.1 Å². The fourth-order valence-electron chi connectivity index (χ4n) is 3.48. The van der Waals surface area contributed by atoms with Gasteiger partial charge in [0.2, 0.25) is 5.91 Å². The first-order valence-electron chi connectivity index (χ1n) is 9.11. The van der Waals surface area contributed by atoms with Gasteiger partial charge in [0, 0.05) is 18.2 Å². The van der Waals surface area contributed by atoms with E-state index < -0.39 is 0 Å². The molecule has 0 spiro atoms. The lowest BCUT2D eigenvalue weighted by Gasteiger charge is -2.21. The number of amides is 1. The fraction of sp³-hybridized carbons (Fsp3) is 0.450. The summed E-state index contributed by atoms with van der Waals surface area (Å²) in [6.07, 6.45) is 10.3. The molecule has 0 unspecified atom stereocenters. The number of nitrogens with two attached hydrogens (primary N) is 1. The maximum absolute atomic E-state index is 11.5. The number of carbonyl (C=O) groups excluding carboxylic acids is 1. The Bertz CT molecular complexity index is 721. The third-order valence-corrected chi connectivity index (χ3v) is 4.86. The second kappa shape index (κ2) is 8.10. The standard InChI is InChI=1S/C20H26N4O/c1-14(25)23-20-18(12-7-15-5-3-2-4-6-15)24-19(13-22-20)16-8-10-17(21)11-9-16/h8-11,13,15H,2-7,12,21H2,1H3,(H,22,23,25). The molecular formula is C20H26N4O. The summed E-state index contributed by atoms with van der Waals surface area (Å²) >= 11 is 0. The van der Waals surface area contributed by atoms with Gasteiger partial charge < -0.3 is 11.1 Å². The lowest BCUT2D eigenvalue weighted by Crippen LogP contribution is -2.13. The number of anilines is 2. The van der Waals surface area contributed by atoms with Gasteiger partial charge in [-0.3, -0.25) is 4.79 Å². The van der Waals surface area contributed by atoms with E-state index in [2.05, 4.69) is 10.3 Å². The van der Waals surface area contributed by atoms with Gasteiger partial charge in [-0.1, -0.05) is 44.2 Å². The Kier molecular flexibility index (Phi) is 5.64. The molecule has 1 amide bonds. The molecule has 132 valence electrons. The van der Waals surface area contributed by atoms with Crippen LogP contribution in [0.1, 0.15) is 51.1 Å². The number of aromatic nitrogens is 2. The number of rotatable bonds is 5. The number of aryl methyl sites for hydroxylation is 1. The first kappa shape index (κ1) is 17.4. The molecule has 1 aromatic carbocycles. The largest absolute Gasteiger partial charge is 0.399 e. The van der Waals surface area contributed by atoms with E-state index in [-0.39, 0.29) is 5.91 Å². The summed E-state index contributed by atoms with van der Waals surface area (Å²) in [5.74, 6) is 1.23. The Hall–Kier alpha value is -2.43. The number of benzene rings is 1. The number of nitrogen functional groups attached to an aromatic ring is 1. The van der Waals surface area contributed by atoms with E-state index in [0.717, 1.165) is 41.4 Å². The van der Waals surface area contributed by atoms with E-state index in [1.165, 1.54) is 39.0 Å². The minimum absolute atomic E-state index is 0.117. The summed E-state index contributed by atoms with van der Waals surface area (Å²) in [7, 11) is 0. The number of carbonyl (C=O) groups is 1. The van der Waals surface area contributed by atoms with Gasteiger partial charge in [-0.2, -0.15) is 0 Å². The van der Waals surface area contributed by atoms with Crippen LogP contribution in [-0.2, 0) is 11.2 Å². The highest BCUT2D eigenvalue weighted by Crippen LogP contribution is 2.29. The minimum atomic E-state index is -0.117. The number of hydrogen-bond acceptors (Lipinski definition) is 4. The highest BCUT2D eigenvalue weighted by Gasteiger charge is 2.16. The van der Waals surface area contributed by atoms with Crippen LogP contribution in [0.4, 0.5) is 11.5 Å². The third-order valence-electron chi connectivity index (χ3n) is 4.86. The molecule has 25 heavy (non-hydrogen) atoms. The fourth-order valence-corrected chi connectivity index (χ4v) is 3.48. The molecule has 5 heteroatoms. The van der Waals surface area contributed by atoms with Crippen molar-refractivity contribution in [1.29, 1.82) is 0 Å². The molecule has 0 bridgehead atoms. The Morgan fingerprint density at radius 3 is 2.60 bits per heavy atom. The molecule has 1 heterocycles. The van der Waals surface area contributed by atoms with Crippen molar-refractivity contribution in [1.82, 2.24) is 9.97 Å². The number of hydrogen-bond donors (Lipinski definition) is 2. The van der Waals surface area contributed by atoms with Crippen molar-refractivity contribution in [2.45, 2.75) is 51.9 Å². The molecule has 1 fully saturated rings. The molecule has 3 rings (SSSR count). The van der Waals surface area contributed by atoms with E-state index in [0.29, 0.717) is 5.82 Å². The highest BCUT2D eigenvalue weighted by atomic mass is 16.1. The van der Waals surface area contributed by atoms with Gasteiger partial charge in [-0.25, -0.2) is 9.97 Å². The van der Waals surface area contributed by atoms with E-state index in [4.69, 9.17) is 10.7 Å². The Labute approximate surface area is 149 Å². The van der Waals surface area contributed by atoms with Crippen molar-refractivity contribution < 1.29 is 4.79 Å². The van der Waals surface area contributed by atoms with Crippen molar-refractivity contribution in [3.8, 4) is 11.3 Å². The van der Waals surface area contributed by atoms with Crippen molar-refractivity contribution in [3.05, 3.63) is 36.2 Å². The van der Waals surface area contributed by atoms with Gasteiger partial charge in [0.1, 0.15) is 0 Å². The van der Waals surface area contributed by atoms with Crippen LogP contribution >= 0.6 is 0 Å². The van der Waals surface area contributed by atoms with E-state index in [1.807, 2.05) is 24.3 Å². The van der Waals surface area contributed by atoms with Crippen LogP contribution in [0.15, 0.2) is 30.5 Å². The molecule has 0 radical (unpaired) electrons. The zero-order valence-corrected chi connectivity index (χ0v) is 14.8. The summed E-state index contributed by atoms with van der Waals surface area (Å²) < 4.78 is 0. The lowest BCUT2D eigenvalue weighted by atomic mass is 9.86. The molecular weight excluding hydrogens is 312 g/mol. The Morgan fingerprint density at radius 2 is 1.92 bits per heavy atom. The molecule has 0 atom stereocenters. The average Bonchev–Trinajstić information content (AvgIpc) is 2.62. The van der Waals surface area contributed by atoms with Gasteiger partial charge in [-0.05, 0) is 30.9 Å². The van der Waals surface area contributed by atoms with Crippen LogP contribution in [0.25, 0.3) is 11.3 Å². The SMILES string of the molecule is CC(=O)Nc1ncc(-c2ccc(N)cc2)nc1CCC1CCCCC1. The van der Waals surface area contributed by atoms with Crippen molar-refractivity contribution in [3.63, 3.8) is 0 Å². The van der Waals surface area contributed by atoms with Crippen LogP contribution in [0.2, 0.25) is 0 Å². The number of nitrogens with one attached hydrogen (secondary N) is 1. The second-order valence-corrected chi connectivity index (χ2v) is 6.90. The molecule has 1 aliphatic rings. The quantitative estimate of drug-likeness (QED) is 0.801. The van der Waals surface area contributed by atoms with Gasteiger partial charge >= 0.3 is 0 Å². The van der Waals surface area contributed by atoms with Gasteiger partial charge in [0.25, 0.3) is 0 Å². The predicted octanol–water partition coefficient (Wildman–Crippen LogP) is 4.20. The molecule has 0 aliphatic heterocycles. The highest BCUT2D eigenvalue weighted by molar-refractivity contribution is 5.88. The van der Waals surface area contributed by atoms with E-state index >= 15 is 0 Å². The van der Waals surface area contributed by atoms with E-state index in [1.54, 1.807) is 6.20 Å². The molecule has 2 aromatic rings. The molecule has 1 saturated carbocycles. The zero-order valence-electron chi connectivity index (χ0n) is 14.8. The van der Waals surface area contributed by atoms with Crippen molar-refractivity contribution >= 4 is 17.4 Å². The Morgan fingerprint density at radius 1 is 1.20 bits per heavy atom. The maximum atomic E-state index is 11.5. The van der Waals surface area contributed by atoms with Gasteiger partial charge in [-0.15, -0.1) is 0 Å². The topological polar surface area (TPSA) is 80.9 Å². The summed E-state index contributed by atoms with van der Waals surface area (Å²) in [5, 5.41) is 2.82. The third kappa shape index (κ3) is 4.78. The Balaban J connectivity index is 1.81. The summed E-state index contributed by atoms with van der Waals surface area (Å²) in [4.78, 5) is 20.7. The molecule has 0 saturated heterocycles. The number of nitrogens with zero attached hydrogens (tertiary/aromatic N) is 2. The molecule has 3 N–H and O–H groups in total. The average molecular weight is 338 g/mol. The van der Waals surface area contributed by atoms with Crippen LogP contribution in [0.3, 0.4) is 0 Å². The summed E-state index contributed by atoms with van der Waals surface area (Å²) in [5.41, 5.74) is 9.15. The maximum Gasteiger partial charge on any atom is 0.222 e. The first-order valence-corrected chi connectivity index (χ1v) is 9.11. The van der Waals surface area contributed by atoms with Gasteiger partial charge in [0.05, 0.1) is 17.6 Å². The summed E-state index contributed by atoms with van der Waals surface area (Å²) in [6, 6.07) is 7.62. The summed E-state index contributed by atoms with van der Waals surface area (Å²) in [6.45, 7) is 1.50. The normalized spacial score (nSPS) is 15.1. The zero-order chi connectivity index (χ0) is 17.6. The molecule has 1 aliphatic carbocycles. The monoisotopic (exact) mass is 338 g/mol. The smallest absolute Gasteiger partial charge is 0.222 e. The van der Waals surface area contributed by atoms with Gasteiger partial charge in [0.15, 0.2) is 5.82 Å². The molecule has 1 aromatic heterocycles. The lowest BCUT2D eigenvalue weighted by molar-refractivity contribution is -0.114. The second-order valence-electron chi connectivity index (χ2n) is 6.90. The van der Waals surface area contributed by atoms with Crippen molar-refractivity contribution in [2.24, 2.45) is 5.92 Å². The van der Waals surface area contributed by atoms with Crippen molar-refractivity contribution in [2.75, 3.05) is 11.1 Å². The first-order chi connectivity index (χ1) is 12.1. The van der Waals surface area contributed by atoms with Crippen LogP contribution in [0.5, 0.6) is 0 Å². The molecule has 5 nitrogen and oxygen atoms in total. The predicted molar refractivity (Wildman–Crippen MR) is 101 cm³/mol. The van der Waals surface area contributed by atoms with E-state index in [9.17, 15) is 4.79 Å².